The molecule has 0 heterocycles. The van der Waals surface area contributed by atoms with Gasteiger partial charge >= 0.3 is 0 Å². The van der Waals surface area contributed by atoms with Gasteiger partial charge in [0.25, 0.3) is 0 Å². The van der Waals surface area contributed by atoms with Crippen LogP contribution >= 0.6 is 0 Å². The van der Waals surface area contributed by atoms with Gasteiger partial charge in [-0.2, -0.15) is 0 Å². The van der Waals surface area contributed by atoms with E-state index in [9.17, 15) is 4.79 Å². The van der Waals surface area contributed by atoms with E-state index in [1.807, 2.05) is 24.3 Å². The number of benzene rings is 1. The Balaban J connectivity index is 2.05. The molecule has 2 rings (SSSR count). The predicted molar refractivity (Wildman–Crippen MR) is 109 cm³/mol. The van der Waals surface area contributed by atoms with Crippen molar-refractivity contribution < 1.29 is 4.79 Å². The van der Waals surface area contributed by atoms with Crippen LogP contribution in [0.5, 0.6) is 0 Å². The topological polar surface area (TPSA) is 17.1 Å². The number of carbonyl (C=O) groups excluding carboxylic acids is 1. The van der Waals surface area contributed by atoms with Gasteiger partial charge in [-0.1, -0.05) is 79.6 Å². The fourth-order valence-electron chi connectivity index (χ4n) is 3.42. The van der Waals surface area contributed by atoms with Crippen LogP contribution in [-0.4, -0.2) is 5.78 Å². The monoisotopic (exact) mass is 334 g/mol. The highest BCUT2D eigenvalue weighted by Gasteiger charge is 2.26. The van der Waals surface area contributed by atoms with E-state index >= 15 is 0 Å². The molecule has 0 radical (unpaired) electrons. The lowest BCUT2D eigenvalue weighted by atomic mass is 9.72. The second-order valence-electron chi connectivity index (χ2n) is 7.71. The molecule has 0 aliphatic heterocycles. The molecule has 1 aliphatic rings. The third-order valence-corrected chi connectivity index (χ3v) is 5.02. The lowest BCUT2D eigenvalue weighted by molar-refractivity contribution is 0.101. The van der Waals surface area contributed by atoms with Gasteiger partial charge in [0.05, 0.1) is 0 Å². The number of carbonyl (C=O) groups is 1. The molecule has 1 nitrogen and oxygen atoms in total. The SMILES string of the molecule is CC(=O)c1ccc(C=CC=C(C)C=CC2=C(C)CCCC2(C)C)cc1. The van der Waals surface area contributed by atoms with Gasteiger partial charge in [0.2, 0.25) is 0 Å². The lowest BCUT2D eigenvalue weighted by Gasteiger charge is -2.32. The van der Waals surface area contributed by atoms with Crippen LogP contribution in [0.25, 0.3) is 6.08 Å². The van der Waals surface area contributed by atoms with E-state index in [1.165, 1.54) is 36.0 Å². The van der Waals surface area contributed by atoms with Crippen LogP contribution in [-0.2, 0) is 0 Å². The molecule has 0 N–H and O–H groups in total. The van der Waals surface area contributed by atoms with Crippen molar-refractivity contribution in [2.75, 3.05) is 0 Å². The van der Waals surface area contributed by atoms with Crippen molar-refractivity contribution >= 4 is 11.9 Å². The summed E-state index contributed by atoms with van der Waals surface area (Å²) in [4.78, 5) is 11.3. The maximum Gasteiger partial charge on any atom is 0.159 e. The average molecular weight is 335 g/mol. The molecule has 0 unspecified atom stereocenters. The van der Waals surface area contributed by atoms with Crippen LogP contribution < -0.4 is 0 Å². The minimum Gasteiger partial charge on any atom is -0.295 e. The molecule has 0 saturated heterocycles. The summed E-state index contributed by atoms with van der Waals surface area (Å²) in [6.07, 6.45) is 14.6. The first-order valence-corrected chi connectivity index (χ1v) is 9.14. The molecule has 1 aliphatic carbocycles. The van der Waals surface area contributed by atoms with Crippen LogP contribution in [0.3, 0.4) is 0 Å². The van der Waals surface area contributed by atoms with E-state index in [0.29, 0.717) is 0 Å². The Kier molecular flexibility index (Phi) is 6.36. The van der Waals surface area contributed by atoms with Gasteiger partial charge in [0.15, 0.2) is 5.78 Å². The van der Waals surface area contributed by atoms with Crippen molar-refractivity contribution in [1.82, 2.24) is 0 Å². The Labute approximate surface area is 152 Å². The molecule has 1 aromatic carbocycles. The van der Waals surface area contributed by atoms with E-state index in [1.54, 1.807) is 6.92 Å². The normalized spacial score (nSPS) is 18.4. The second-order valence-corrected chi connectivity index (χ2v) is 7.71. The maximum absolute atomic E-state index is 11.3. The van der Waals surface area contributed by atoms with Gasteiger partial charge in [-0.3, -0.25) is 4.79 Å². The van der Waals surface area contributed by atoms with Crippen LogP contribution in [0.4, 0.5) is 0 Å². The molecule has 0 atom stereocenters. The third kappa shape index (κ3) is 5.42. The highest BCUT2D eigenvalue weighted by Crippen LogP contribution is 2.40. The first-order valence-electron chi connectivity index (χ1n) is 9.14. The molecule has 0 amide bonds. The van der Waals surface area contributed by atoms with Gasteiger partial charge in [-0.15, -0.1) is 0 Å². The van der Waals surface area contributed by atoms with Crippen molar-refractivity contribution in [3.63, 3.8) is 0 Å². The summed E-state index contributed by atoms with van der Waals surface area (Å²) in [6.45, 7) is 10.7. The van der Waals surface area contributed by atoms with Crippen molar-refractivity contribution in [3.05, 3.63) is 76.4 Å². The largest absolute Gasteiger partial charge is 0.295 e. The summed E-state index contributed by atoms with van der Waals surface area (Å²) in [5.41, 5.74) is 6.40. The predicted octanol–water partition coefficient (Wildman–Crippen LogP) is 6.93. The van der Waals surface area contributed by atoms with E-state index < -0.39 is 0 Å². The van der Waals surface area contributed by atoms with Crippen molar-refractivity contribution in [2.24, 2.45) is 5.41 Å². The second kappa shape index (κ2) is 8.29. The highest BCUT2D eigenvalue weighted by atomic mass is 16.1. The van der Waals surface area contributed by atoms with Crippen LogP contribution in [0, 0.1) is 5.41 Å². The smallest absolute Gasteiger partial charge is 0.159 e. The molecule has 1 heteroatoms. The molecule has 0 bridgehead atoms. The standard InChI is InChI=1S/C24H30O/c1-18(11-16-23-19(2)9-7-17-24(23,4)5)8-6-10-21-12-14-22(15-13-21)20(3)25/h6,8,10-16H,7,9,17H2,1-5H3. The first kappa shape index (κ1) is 19.2. The number of hydrogen-bond donors (Lipinski definition) is 0. The van der Waals surface area contributed by atoms with Gasteiger partial charge in [-0.25, -0.2) is 0 Å². The Morgan fingerprint density at radius 2 is 1.76 bits per heavy atom. The van der Waals surface area contributed by atoms with E-state index in [4.69, 9.17) is 0 Å². The zero-order valence-corrected chi connectivity index (χ0v) is 16.2. The minimum absolute atomic E-state index is 0.103. The fourth-order valence-corrected chi connectivity index (χ4v) is 3.42. The summed E-state index contributed by atoms with van der Waals surface area (Å²) in [7, 11) is 0. The summed E-state index contributed by atoms with van der Waals surface area (Å²) in [5, 5.41) is 0. The summed E-state index contributed by atoms with van der Waals surface area (Å²) in [5.74, 6) is 0.103. The third-order valence-electron chi connectivity index (χ3n) is 5.02. The van der Waals surface area contributed by atoms with Crippen LogP contribution in [0.1, 0.15) is 69.8 Å². The Bertz CT molecular complexity index is 737. The zero-order chi connectivity index (χ0) is 18.4. The molecule has 1 aromatic rings. The number of allylic oxidation sites excluding steroid dienone is 7. The lowest BCUT2D eigenvalue weighted by Crippen LogP contribution is -2.19. The van der Waals surface area contributed by atoms with Crippen LogP contribution in [0.15, 0.2) is 65.3 Å². The first-order chi connectivity index (χ1) is 11.8. The van der Waals surface area contributed by atoms with E-state index in [2.05, 4.69) is 58.1 Å². The maximum atomic E-state index is 11.3. The van der Waals surface area contributed by atoms with Gasteiger partial charge in [0.1, 0.15) is 0 Å². The minimum atomic E-state index is 0.103. The molecule has 0 saturated carbocycles. The quantitative estimate of drug-likeness (QED) is 0.421. The Morgan fingerprint density at radius 3 is 2.36 bits per heavy atom. The van der Waals surface area contributed by atoms with Crippen molar-refractivity contribution in [2.45, 2.75) is 53.9 Å². The highest BCUT2D eigenvalue weighted by molar-refractivity contribution is 5.94. The van der Waals surface area contributed by atoms with Gasteiger partial charge in [0, 0.05) is 5.56 Å². The number of Topliss-reactive ketones (excluding diaryl/α,β-unsaturated/α-hetero) is 1. The van der Waals surface area contributed by atoms with Crippen molar-refractivity contribution in [1.29, 1.82) is 0 Å². The van der Waals surface area contributed by atoms with Gasteiger partial charge < -0.3 is 0 Å². The molecular formula is C24H30O. The number of hydrogen-bond acceptors (Lipinski definition) is 1. The van der Waals surface area contributed by atoms with Crippen molar-refractivity contribution in [3.8, 4) is 0 Å². The molecule has 0 fully saturated rings. The molecule has 25 heavy (non-hydrogen) atoms. The molecule has 0 spiro atoms. The Hall–Kier alpha value is -2.15. The molecule has 0 aromatic heterocycles. The average Bonchev–Trinajstić information content (AvgIpc) is 2.54. The Morgan fingerprint density at radius 1 is 1.08 bits per heavy atom. The number of rotatable bonds is 5. The summed E-state index contributed by atoms with van der Waals surface area (Å²) in [6, 6.07) is 7.70. The molecule has 132 valence electrons. The fraction of sp³-hybridized carbons (Fsp3) is 0.375. The van der Waals surface area contributed by atoms with E-state index in [-0.39, 0.29) is 11.2 Å². The summed E-state index contributed by atoms with van der Waals surface area (Å²) < 4.78 is 0. The van der Waals surface area contributed by atoms with E-state index in [0.717, 1.165) is 11.1 Å². The molecular weight excluding hydrogens is 304 g/mol. The summed E-state index contributed by atoms with van der Waals surface area (Å²) >= 11 is 0. The van der Waals surface area contributed by atoms with Gasteiger partial charge in [-0.05, 0) is 56.6 Å². The zero-order valence-electron chi connectivity index (χ0n) is 16.2. The number of ketones is 1. The van der Waals surface area contributed by atoms with Crippen LogP contribution in [0.2, 0.25) is 0 Å².